The summed E-state index contributed by atoms with van der Waals surface area (Å²) in [7, 11) is 1.45. The molecule has 0 aromatic carbocycles. The van der Waals surface area contributed by atoms with Crippen molar-refractivity contribution in [2.24, 2.45) is 0 Å². The Kier molecular flexibility index (Phi) is 5.44. The molecule has 16 heavy (non-hydrogen) atoms. The van der Waals surface area contributed by atoms with Gasteiger partial charge in [0.2, 0.25) is 5.76 Å². The van der Waals surface area contributed by atoms with Crippen molar-refractivity contribution in [3.05, 3.63) is 29.2 Å². The molecule has 0 unspecified atom stereocenters. The van der Waals surface area contributed by atoms with Crippen molar-refractivity contribution in [2.75, 3.05) is 13.7 Å². The number of carbonyl (C=O) groups is 1. The van der Waals surface area contributed by atoms with Crippen molar-refractivity contribution in [3.8, 4) is 0 Å². The van der Waals surface area contributed by atoms with Crippen molar-refractivity contribution in [1.82, 2.24) is 0 Å². The van der Waals surface area contributed by atoms with Crippen LogP contribution < -0.4 is 0 Å². The minimum Gasteiger partial charge on any atom is -0.484 e. The molecule has 0 aromatic rings. The SMILES string of the molecule is CCOC(=O)C(=C=CC1=CCCCC1)OC. The summed E-state index contributed by atoms with van der Waals surface area (Å²) in [5.74, 6) is -0.328. The van der Waals surface area contributed by atoms with Gasteiger partial charge in [-0.3, -0.25) is 0 Å². The summed E-state index contributed by atoms with van der Waals surface area (Å²) in [5.41, 5.74) is 4.06. The molecule has 0 aliphatic heterocycles. The van der Waals surface area contributed by atoms with Gasteiger partial charge in [0.25, 0.3) is 0 Å². The highest BCUT2D eigenvalue weighted by atomic mass is 16.6. The molecule has 0 fully saturated rings. The number of ether oxygens (including phenoxy) is 2. The molecule has 0 aromatic heterocycles. The van der Waals surface area contributed by atoms with E-state index in [-0.39, 0.29) is 5.76 Å². The monoisotopic (exact) mass is 222 g/mol. The van der Waals surface area contributed by atoms with Crippen molar-refractivity contribution in [1.29, 1.82) is 0 Å². The van der Waals surface area contributed by atoms with Crippen molar-refractivity contribution < 1.29 is 14.3 Å². The fourth-order valence-electron chi connectivity index (χ4n) is 1.55. The van der Waals surface area contributed by atoms with Crippen LogP contribution in [0.3, 0.4) is 0 Å². The number of hydrogen-bond acceptors (Lipinski definition) is 3. The van der Waals surface area contributed by atoms with Crippen LogP contribution in [0.5, 0.6) is 0 Å². The average Bonchev–Trinajstić information content (AvgIpc) is 2.31. The van der Waals surface area contributed by atoms with E-state index >= 15 is 0 Å². The maximum atomic E-state index is 11.4. The van der Waals surface area contributed by atoms with E-state index in [0.29, 0.717) is 6.61 Å². The zero-order chi connectivity index (χ0) is 11.8. The summed E-state index contributed by atoms with van der Waals surface area (Å²) in [6.07, 6.45) is 8.59. The molecular formula is C13H18O3. The maximum absolute atomic E-state index is 11.4. The van der Waals surface area contributed by atoms with Crippen LogP contribution in [0, 0.1) is 0 Å². The lowest BCUT2D eigenvalue weighted by atomic mass is 10.00. The summed E-state index contributed by atoms with van der Waals surface area (Å²) in [4.78, 5) is 11.4. The zero-order valence-corrected chi connectivity index (χ0v) is 9.91. The Bertz CT molecular complexity index is 333. The van der Waals surface area contributed by atoms with E-state index in [4.69, 9.17) is 9.47 Å². The second-order valence-corrected chi connectivity index (χ2v) is 3.57. The van der Waals surface area contributed by atoms with Gasteiger partial charge in [0.1, 0.15) is 0 Å². The lowest BCUT2D eigenvalue weighted by Gasteiger charge is -2.07. The third kappa shape index (κ3) is 3.95. The van der Waals surface area contributed by atoms with Gasteiger partial charge in [-0.2, -0.15) is 0 Å². The molecule has 1 aliphatic rings. The quantitative estimate of drug-likeness (QED) is 0.317. The Morgan fingerprint density at radius 1 is 1.56 bits per heavy atom. The summed E-state index contributed by atoms with van der Waals surface area (Å²) in [5, 5.41) is 0. The Hall–Kier alpha value is -1.47. The molecule has 0 bridgehead atoms. The Morgan fingerprint density at radius 2 is 2.38 bits per heavy atom. The van der Waals surface area contributed by atoms with Gasteiger partial charge < -0.3 is 9.47 Å². The third-order valence-electron chi connectivity index (χ3n) is 2.38. The summed E-state index contributed by atoms with van der Waals surface area (Å²) < 4.78 is 9.76. The van der Waals surface area contributed by atoms with Gasteiger partial charge in [0.05, 0.1) is 13.7 Å². The van der Waals surface area contributed by atoms with Crippen LogP contribution in [0.15, 0.2) is 29.2 Å². The predicted molar refractivity (Wildman–Crippen MR) is 61.8 cm³/mol. The molecule has 3 heteroatoms. The number of methoxy groups -OCH3 is 1. The molecule has 0 atom stereocenters. The first-order valence-corrected chi connectivity index (χ1v) is 5.64. The number of allylic oxidation sites excluding steroid dienone is 2. The molecule has 3 nitrogen and oxygen atoms in total. The van der Waals surface area contributed by atoms with Gasteiger partial charge in [0, 0.05) is 0 Å². The average molecular weight is 222 g/mol. The van der Waals surface area contributed by atoms with E-state index in [1.165, 1.54) is 25.5 Å². The molecule has 1 aliphatic carbocycles. The van der Waals surface area contributed by atoms with Gasteiger partial charge in [-0.05, 0) is 44.3 Å². The van der Waals surface area contributed by atoms with Crippen LogP contribution in [-0.2, 0) is 14.3 Å². The zero-order valence-electron chi connectivity index (χ0n) is 9.91. The first kappa shape index (κ1) is 12.6. The number of esters is 1. The highest BCUT2D eigenvalue weighted by Gasteiger charge is 2.09. The van der Waals surface area contributed by atoms with Crippen molar-refractivity contribution >= 4 is 5.97 Å². The molecule has 0 N–H and O–H groups in total. The fourth-order valence-corrected chi connectivity index (χ4v) is 1.55. The van der Waals surface area contributed by atoms with Gasteiger partial charge in [-0.1, -0.05) is 11.8 Å². The first-order valence-electron chi connectivity index (χ1n) is 5.64. The largest absolute Gasteiger partial charge is 0.484 e. The first-order chi connectivity index (χ1) is 7.77. The van der Waals surface area contributed by atoms with E-state index < -0.39 is 5.97 Å². The normalized spacial score (nSPS) is 14.5. The Morgan fingerprint density at radius 3 is 2.94 bits per heavy atom. The van der Waals surface area contributed by atoms with Gasteiger partial charge in [-0.25, -0.2) is 4.79 Å². The van der Waals surface area contributed by atoms with E-state index in [1.54, 1.807) is 6.92 Å². The van der Waals surface area contributed by atoms with Crippen LogP contribution in [0.25, 0.3) is 0 Å². The van der Waals surface area contributed by atoms with E-state index in [1.807, 2.05) is 6.08 Å². The minimum absolute atomic E-state index is 0.133. The van der Waals surface area contributed by atoms with Crippen LogP contribution >= 0.6 is 0 Å². The number of rotatable bonds is 4. The number of hydrogen-bond donors (Lipinski definition) is 0. The highest BCUT2D eigenvalue weighted by molar-refractivity contribution is 5.86. The van der Waals surface area contributed by atoms with E-state index in [0.717, 1.165) is 12.8 Å². The molecular weight excluding hydrogens is 204 g/mol. The van der Waals surface area contributed by atoms with Gasteiger partial charge in [0.15, 0.2) is 0 Å². The second-order valence-electron chi connectivity index (χ2n) is 3.57. The van der Waals surface area contributed by atoms with Crippen LogP contribution in [0.4, 0.5) is 0 Å². The van der Waals surface area contributed by atoms with Crippen LogP contribution in [0.2, 0.25) is 0 Å². The molecule has 0 amide bonds. The topological polar surface area (TPSA) is 35.5 Å². The molecule has 1 rings (SSSR count). The van der Waals surface area contributed by atoms with Gasteiger partial charge >= 0.3 is 5.97 Å². The van der Waals surface area contributed by atoms with E-state index in [9.17, 15) is 4.79 Å². The molecule has 0 spiro atoms. The molecule has 0 heterocycles. The Labute approximate surface area is 96.4 Å². The van der Waals surface area contributed by atoms with Crippen molar-refractivity contribution in [2.45, 2.75) is 32.6 Å². The van der Waals surface area contributed by atoms with Gasteiger partial charge in [-0.15, -0.1) is 0 Å². The molecule has 88 valence electrons. The molecule has 0 saturated carbocycles. The fraction of sp³-hybridized carbons (Fsp3) is 0.538. The smallest absolute Gasteiger partial charge is 0.382 e. The highest BCUT2D eigenvalue weighted by Crippen LogP contribution is 2.17. The lowest BCUT2D eigenvalue weighted by Crippen LogP contribution is -2.08. The second kappa shape index (κ2) is 6.91. The standard InChI is InChI=1S/C13H18O3/c1-3-16-13(14)12(15-2)10-9-11-7-5-4-6-8-11/h7,9H,3-6,8H2,1-2H3. The maximum Gasteiger partial charge on any atom is 0.382 e. The number of carbonyl (C=O) groups excluding carboxylic acids is 1. The van der Waals surface area contributed by atoms with Crippen LogP contribution in [-0.4, -0.2) is 19.7 Å². The molecule has 0 radical (unpaired) electrons. The minimum atomic E-state index is -0.461. The Balaban J connectivity index is 2.73. The third-order valence-corrected chi connectivity index (χ3v) is 2.38. The summed E-state index contributed by atoms with van der Waals surface area (Å²) >= 11 is 0. The summed E-state index contributed by atoms with van der Waals surface area (Å²) in [6, 6.07) is 0. The van der Waals surface area contributed by atoms with Crippen LogP contribution in [0.1, 0.15) is 32.6 Å². The van der Waals surface area contributed by atoms with E-state index in [2.05, 4.69) is 11.8 Å². The predicted octanol–water partition coefficient (Wildman–Crippen LogP) is 2.74. The van der Waals surface area contributed by atoms with Crippen molar-refractivity contribution in [3.63, 3.8) is 0 Å². The lowest BCUT2D eigenvalue weighted by molar-refractivity contribution is -0.142. The molecule has 0 saturated heterocycles. The summed E-state index contributed by atoms with van der Waals surface area (Å²) in [6.45, 7) is 2.11.